The summed E-state index contributed by atoms with van der Waals surface area (Å²) in [5, 5.41) is 13.1. The van der Waals surface area contributed by atoms with Crippen LogP contribution in [0, 0.1) is 5.41 Å². The molecule has 2 N–H and O–H groups in total. The molecule has 1 aliphatic heterocycles. The summed E-state index contributed by atoms with van der Waals surface area (Å²) in [4.78, 5) is 16.8. The van der Waals surface area contributed by atoms with Gasteiger partial charge in [0, 0.05) is 42.3 Å². The van der Waals surface area contributed by atoms with Gasteiger partial charge >= 0.3 is 0 Å². The number of aliphatic hydroxyl groups excluding tert-OH is 1. The van der Waals surface area contributed by atoms with E-state index in [1.54, 1.807) is 6.20 Å². The molecule has 2 heterocycles. The van der Waals surface area contributed by atoms with Crippen molar-refractivity contribution >= 4 is 16.8 Å². The predicted molar refractivity (Wildman–Crippen MR) is 83.6 cm³/mol. The Balaban J connectivity index is 1.76. The molecule has 1 aromatic carbocycles. The average Bonchev–Trinajstić information content (AvgIpc) is 3.01. The summed E-state index contributed by atoms with van der Waals surface area (Å²) in [5.41, 5.74) is 1.29. The minimum absolute atomic E-state index is 0.109. The van der Waals surface area contributed by atoms with E-state index in [1.807, 2.05) is 30.3 Å². The Morgan fingerprint density at radius 2 is 2.27 bits per heavy atom. The zero-order chi connectivity index (χ0) is 15.4. The largest absolute Gasteiger partial charge is 0.396 e. The van der Waals surface area contributed by atoms with Crippen molar-refractivity contribution in [3.63, 3.8) is 0 Å². The first-order chi connectivity index (χ1) is 10.7. The first-order valence-corrected chi connectivity index (χ1v) is 7.55. The fraction of sp³-hybridized carbons (Fsp3) is 0.412. The average molecular weight is 300 g/mol. The van der Waals surface area contributed by atoms with Gasteiger partial charge in [-0.3, -0.25) is 9.78 Å². The van der Waals surface area contributed by atoms with Crippen LogP contribution >= 0.6 is 0 Å². The summed E-state index contributed by atoms with van der Waals surface area (Å²) in [6.45, 7) is 1.90. The van der Waals surface area contributed by atoms with Crippen LogP contribution < -0.4 is 5.32 Å². The second-order valence-electron chi connectivity index (χ2n) is 5.83. The number of nitrogens with zero attached hydrogens (tertiary/aromatic N) is 1. The third-order valence-corrected chi connectivity index (χ3v) is 4.34. The summed E-state index contributed by atoms with van der Waals surface area (Å²) < 4.78 is 5.45. The number of ether oxygens (including phenoxy) is 1. The van der Waals surface area contributed by atoms with Crippen LogP contribution in [-0.2, 0) is 4.74 Å². The third-order valence-electron chi connectivity index (χ3n) is 4.34. The lowest BCUT2D eigenvalue weighted by molar-refractivity contribution is 0.0891. The maximum Gasteiger partial charge on any atom is 0.251 e. The van der Waals surface area contributed by atoms with Gasteiger partial charge in [0.1, 0.15) is 0 Å². The number of aromatic nitrogens is 1. The number of nitrogens with one attached hydrogen (secondary N) is 1. The van der Waals surface area contributed by atoms with E-state index in [0.717, 1.165) is 17.3 Å². The molecule has 3 rings (SSSR count). The van der Waals surface area contributed by atoms with Crippen molar-refractivity contribution < 1.29 is 14.6 Å². The van der Waals surface area contributed by atoms with Gasteiger partial charge in [-0.05, 0) is 31.0 Å². The van der Waals surface area contributed by atoms with Crippen molar-refractivity contribution in [2.75, 3.05) is 26.4 Å². The Bertz CT molecular complexity index is 661. The number of amides is 1. The maximum atomic E-state index is 12.5. The Morgan fingerprint density at radius 3 is 3.05 bits per heavy atom. The monoisotopic (exact) mass is 300 g/mol. The fourth-order valence-corrected chi connectivity index (χ4v) is 2.98. The van der Waals surface area contributed by atoms with Gasteiger partial charge in [-0.2, -0.15) is 0 Å². The molecule has 22 heavy (non-hydrogen) atoms. The molecular formula is C17H20N2O3. The van der Waals surface area contributed by atoms with Crippen LogP contribution in [0.3, 0.4) is 0 Å². The van der Waals surface area contributed by atoms with Gasteiger partial charge in [-0.15, -0.1) is 0 Å². The predicted octanol–water partition coefficient (Wildman–Crippen LogP) is 1.75. The van der Waals surface area contributed by atoms with Gasteiger partial charge in [0.2, 0.25) is 0 Å². The molecule has 0 bridgehead atoms. The minimum Gasteiger partial charge on any atom is -0.396 e. The fourth-order valence-electron chi connectivity index (χ4n) is 2.98. The molecule has 116 valence electrons. The summed E-state index contributed by atoms with van der Waals surface area (Å²) in [5.74, 6) is -0.109. The first-order valence-electron chi connectivity index (χ1n) is 7.55. The van der Waals surface area contributed by atoms with E-state index in [1.165, 1.54) is 0 Å². The van der Waals surface area contributed by atoms with Gasteiger partial charge in [0.05, 0.1) is 12.1 Å². The molecule has 1 fully saturated rings. The Labute approximate surface area is 129 Å². The van der Waals surface area contributed by atoms with Gasteiger partial charge in [-0.1, -0.05) is 12.1 Å². The summed E-state index contributed by atoms with van der Waals surface area (Å²) in [6.07, 6.45) is 3.23. The van der Waals surface area contributed by atoms with Gasteiger partial charge in [0.15, 0.2) is 0 Å². The smallest absolute Gasteiger partial charge is 0.251 e. The number of carbonyl (C=O) groups is 1. The number of aliphatic hydroxyl groups is 1. The molecule has 5 heteroatoms. The number of pyridine rings is 1. The maximum absolute atomic E-state index is 12.5. The van der Waals surface area contributed by atoms with E-state index in [9.17, 15) is 9.90 Å². The summed E-state index contributed by atoms with van der Waals surface area (Å²) in [7, 11) is 0. The number of carbonyl (C=O) groups excluding carboxylic acids is 1. The number of hydrogen-bond acceptors (Lipinski definition) is 4. The van der Waals surface area contributed by atoms with Gasteiger partial charge in [0.25, 0.3) is 5.91 Å². The molecule has 0 spiro atoms. The number of hydrogen-bond donors (Lipinski definition) is 2. The molecule has 0 saturated carbocycles. The highest BCUT2D eigenvalue weighted by Crippen LogP contribution is 2.31. The van der Waals surface area contributed by atoms with Crippen LogP contribution in [-0.4, -0.2) is 42.4 Å². The van der Waals surface area contributed by atoms with Crippen LogP contribution in [0.5, 0.6) is 0 Å². The number of benzene rings is 1. The highest BCUT2D eigenvalue weighted by atomic mass is 16.5. The van der Waals surface area contributed by atoms with Crippen molar-refractivity contribution in [2.24, 2.45) is 5.41 Å². The van der Waals surface area contributed by atoms with Crippen molar-refractivity contribution in [3.8, 4) is 0 Å². The van der Waals surface area contributed by atoms with E-state index in [0.29, 0.717) is 31.7 Å². The third kappa shape index (κ3) is 2.96. The molecule has 5 nitrogen and oxygen atoms in total. The molecule has 1 unspecified atom stereocenters. The zero-order valence-electron chi connectivity index (χ0n) is 12.4. The molecule has 0 aliphatic carbocycles. The zero-order valence-corrected chi connectivity index (χ0v) is 12.4. The van der Waals surface area contributed by atoms with Gasteiger partial charge in [-0.25, -0.2) is 0 Å². The lowest BCUT2D eigenvalue weighted by Crippen LogP contribution is -2.38. The van der Waals surface area contributed by atoms with Crippen LogP contribution in [0.4, 0.5) is 0 Å². The van der Waals surface area contributed by atoms with E-state index in [2.05, 4.69) is 10.3 Å². The second-order valence-corrected chi connectivity index (χ2v) is 5.83. The Kier molecular flexibility index (Phi) is 4.36. The Hall–Kier alpha value is -1.98. The number of fused-ring (bicyclic) bond motifs is 1. The van der Waals surface area contributed by atoms with Crippen LogP contribution in [0.15, 0.2) is 36.5 Å². The van der Waals surface area contributed by atoms with E-state index >= 15 is 0 Å². The molecule has 1 atom stereocenters. The van der Waals surface area contributed by atoms with Crippen molar-refractivity contribution in [3.05, 3.63) is 42.1 Å². The van der Waals surface area contributed by atoms with Crippen molar-refractivity contribution in [2.45, 2.75) is 12.8 Å². The van der Waals surface area contributed by atoms with Crippen LogP contribution in [0.25, 0.3) is 10.9 Å². The standard InChI is InChI=1S/C17H20N2O3/c20-9-6-17(7-10-22-12-17)11-19-16(21)14-3-1-5-15-13(14)4-2-8-18-15/h1-5,8,20H,6-7,9-12H2,(H,19,21). The summed E-state index contributed by atoms with van der Waals surface area (Å²) >= 11 is 0. The quantitative estimate of drug-likeness (QED) is 0.882. The van der Waals surface area contributed by atoms with Crippen LogP contribution in [0.1, 0.15) is 23.2 Å². The molecule has 0 radical (unpaired) electrons. The molecule has 2 aromatic rings. The van der Waals surface area contributed by atoms with E-state index < -0.39 is 0 Å². The first kappa shape index (κ1) is 14.9. The molecular weight excluding hydrogens is 280 g/mol. The lowest BCUT2D eigenvalue weighted by Gasteiger charge is -2.26. The van der Waals surface area contributed by atoms with E-state index in [4.69, 9.17) is 4.74 Å². The van der Waals surface area contributed by atoms with Crippen molar-refractivity contribution in [1.29, 1.82) is 0 Å². The molecule has 1 amide bonds. The second kappa shape index (κ2) is 6.42. The summed E-state index contributed by atoms with van der Waals surface area (Å²) in [6, 6.07) is 9.27. The lowest BCUT2D eigenvalue weighted by atomic mass is 9.84. The highest BCUT2D eigenvalue weighted by Gasteiger charge is 2.34. The number of rotatable bonds is 5. The van der Waals surface area contributed by atoms with Crippen molar-refractivity contribution in [1.82, 2.24) is 10.3 Å². The normalized spacial score (nSPS) is 21.1. The van der Waals surface area contributed by atoms with Crippen LogP contribution in [0.2, 0.25) is 0 Å². The minimum atomic E-state index is -0.146. The highest BCUT2D eigenvalue weighted by molar-refractivity contribution is 6.06. The molecule has 1 saturated heterocycles. The van der Waals surface area contributed by atoms with Gasteiger partial charge < -0.3 is 15.2 Å². The Morgan fingerprint density at radius 1 is 1.36 bits per heavy atom. The molecule has 1 aliphatic rings. The van der Waals surface area contributed by atoms with E-state index in [-0.39, 0.29) is 17.9 Å². The SMILES string of the molecule is O=C(NCC1(CCO)CCOC1)c1cccc2ncccc12. The topological polar surface area (TPSA) is 71.5 Å². The molecule has 1 aromatic heterocycles.